The number of hydrogen-bond donors (Lipinski definition) is 0. The van der Waals surface area contributed by atoms with Gasteiger partial charge in [-0.3, -0.25) is 9.59 Å². The molecule has 0 aromatic heterocycles. The Morgan fingerprint density at radius 3 is 2.41 bits per heavy atom. The molecule has 0 spiro atoms. The number of carbonyl (C=O) groups is 2. The van der Waals surface area contributed by atoms with Crippen LogP contribution in [0.2, 0.25) is 0 Å². The van der Waals surface area contributed by atoms with E-state index in [2.05, 4.69) is 0 Å². The van der Waals surface area contributed by atoms with Gasteiger partial charge in [-0.15, -0.1) is 0 Å². The summed E-state index contributed by atoms with van der Waals surface area (Å²) in [7, 11) is 0. The third-order valence-corrected chi connectivity index (χ3v) is 5.08. The lowest BCUT2D eigenvalue weighted by Crippen LogP contribution is -2.40. The van der Waals surface area contributed by atoms with Gasteiger partial charge in [0.15, 0.2) is 5.78 Å². The van der Waals surface area contributed by atoms with Crippen LogP contribution in [0.5, 0.6) is 0 Å². The zero-order chi connectivity index (χ0) is 16.5. The minimum atomic E-state index is -0.541. The molecule has 2 rings (SSSR count). The molecule has 0 bridgehead atoms. The van der Waals surface area contributed by atoms with Crippen molar-refractivity contribution in [3.05, 3.63) is 34.4 Å². The molecule has 22 heavy (non-hydrogen) atoms. The van der Waals surface area contributed by atoms with Gasteiger partial charge >= 0.3 is 5.97 Å². The van der Waals surface area contributed by atoms with Crippen molar-refractivity contribution in [3.8, 4) is 0 Å². The van der Waals surface area contributed by atoms with Crippen LogP contribution < -0.4 is 0 Å². The molecule has 3 nitrogen and oxygen atoms in total. The summed E-state index contributed by atoms with van der Waals surface area (Å²) in [6.07, 6.45) is 2.06. The summed E-state index contributed by atoms with van der Waals surface area (Å²) >= 11 is 0. The molecule has 1 heterocycles. The van der Waals surface area contributed by atoms with Gasteiger partial charge in [-0.1, -0.05) is 24.6 Å². The molecule has 2 atom stereocenters. The van der Waals surface area contributed by atoms with Crippen LogP contribution in [-0.2, 0) is 9.53 Å². The van der Waals surface area contributed by atoms with Gasteiger partial charge in [0.05, 0.1) is 12.0 Å². The lowest BCUT2D eigenvalue weighted by molar-refractivity contribution is -0.164. The SMILES string of the molecule is Cc1cc(C)c(C(=O)CC(C)C2(C)CCCOC2=O)c(C)c1. The highest BCUT2D eigenvalue weighted by Crippen LogP contribution is 2.39. The van der Waals surface area contributed by atoms with Crippen LogP contribution in [0.15, 0.2) is 12.1 Å². The Morgan fingerprint density at radius 2 is 1.86 bits per heavy atom. The molecule has 3 heteroatoms. The zero-order valence-corrected chi connectivity index (χ0v) is 14.3. The van der Waals surface area contributed by atoms with E-state index in [9.17, 15) is 9.59 Å². The van der Waals surface area contributed by atoms with E-state index in [-0.39, 0.29) is 17.7 Å². The molecule has 0 N–H and O–H groups in total. The van der Waals surface area contributed by atoms with Crippen molar-refractivity contribution in [1.82, 2.24) is 0 Å². The summed E-state index contributed by atoms with van der Waals surface area (Å²) in [6.45, 7) is 10.4. The second-order valence-electron chi connectivity index (χ2n) is 6.96. The number of aryl methyl sites for hydroxylation is 3. The van der Waals surface area contributed by atoms with Crippen LogP contribution in [0.3, 0.4) is 0 Å². The van der Waals surface area contributed by atoms with Gasteiger partial charge in [-0.05, 0) is 57.6 Å². The maximum absolute atomic E-state index is 12.7. The van der Waals surface area contributed by atoms with Crippen molar-refractivity contribution in [2.24, 2.45) is 11.3 Å². The van der Waals surface area contributed by atoms with Crippen molar-refractivity contribution < 1.29 is 14.3 Å². The minimum Gasteiger partial charge on any atom is -0.465 e. The standard InChI is InChI=1S/C19H26O3/c1-12-9-13(2)17(14(3)10-12)16(20)11-15(4)19(5)7-6-8-22-18(19)21/h9-10,15H,6-8,11H2,1-5H3. The van der Waals surface area contributed by atoms with Crippen LogP contribution in [0.4, 0.5) is 0 Å². The Hall–Kier alpha value is -1.64. The van der Waals surface area contributed by atoms with Crippen molar-refractivity contribution >= 4 is 11.8 Å². The average Bonchev–Trinajstić information content (AvgIpc) is 2.40. The van der Waals surface area contributed by atoms with Crippen molar-refractivity contribution in [1.29, 1.82) is 0 Å². The second kappa shape index (κ2) is 6.23. The van der Waals surface area contributed by atoms with Gasteiger partial charge in [-0.2, -0.15) is 0 Å². The number of Topliss-reactive ketones (excluding diaryl/α,β-unsaturated/α-hetero) is 1. The molecule has 120 valence electrons. The van der Waals surface area contributed by atoms with Gasteiger partial charge < -0.3 is 4.74 Å². The monoisotopic (exact) mass is 302 g/mol. The van der Waals surface area contributed by atoms with Crippen LogP contribution in [0.1, 0.15) is 60.2 Å². The lowest BCUT2D eigenvalue weighted by Gasteiger charge is -2.36. The summed E-state index contributed by atoms with van der Waals surface area (Å²) in [4.78, 5) is 24.9. The normalized spacial score (nSPS) is 23.0. The topological polar surface area (TPSA) is 43.4 Å². The highest BCUT2D eigenvalue weighted by Gasteiger charge is 2.43. The van der Waals surface area contributed by atoms with Crippen LogP contribution in [0, 0.1) is 32.1 Å². The molecule has 0 radical (unpaired) electrons. The summed E-state index contributed by atoms with van der Waals surface area (Å²) in [6, 6.07) is 4.09. The molecule has 1 aromatic carbocycles. The Balaban J connectivity index is 2.20. The first-order valence-electron chi connectivity index (χ1n) is 8.04. The fourth-order valence-corrected chi connectivity index (χ4v) is 3.54. The molecule has 1 saturated heterocycles. The number of rotatable bonds is 4. The Labute approximate surface area is 133 Å². The van der Waals surface area contributed by atoms with Crippen LogP contribution in [-0.4, -0.2) is 18.4 Å². The quantitative estimate of drug-likeness (QED) is 0.619. The van der Waals surface area contributed by atoms with Crippen molar-refractivity contribution in [2.45, 2.75) is 53.9 Å². The van der Waals surface area contributed by atoms with E-state index in [0.29, 0.717) is 13.0 Å². The van der Waals surface area contributed by atoms with E-state index in [4.69, 9.17) is 4.74 Å². The summed E-state index contributed by atoms with van der Waals surface area (Å²) in [5.41, 5.74) is 3.48. The van der Waals surface area contributed by atoms with E-state index in [0.717, 1.165) is 29.5 Å². The van der Waals surface area contributed by atoms with Crippen LogP contribution in [0.25, 0.3) is 0 Å². The number of ether oxygens (including phenoxy) is 1. The highest BCUT2D eigenvalue weighted by molar-refractivity contribution is 5.99. The first kappa shape index (κ1) is 16.7. The Morgan fingerprint density at radius 1 is 1.27 bits per heavy atom. The summed E-state index contributed by atoms with van der Waals surface area (Å²) < 4.78 is 5.21. The Bertz CT molecular complexity index is 580. The molecule has 0 aliphatic carbocycles. The summed E-state index contributed by atoms with van der Waals surface area (Å²) in [5.74, 6) is -0.0496. The number of hydrogen-bond acceptors (Lipinski definition) is 3. The van der Waals surface area contributed by atoms with Crippen molar-refractivity contribution in [2.75, 3.05) is 6.61 Å². The van der Waals surface area contributed by atoms with Gasteiger partial charge in [0.25, 0.3) is 0 Å². The molecule has 1 aromatic rings. The number of cyclic esters (lactones) is 1. The Kier molecular flexibility index (Phi) is 4.74. The lowest BCUT2D eigenvalue weighted by atomic mass is 9.71. The molecule has 1 aliphatic heterocycles. The predicted octanol–water partition coefficient (Wildman–Crippen LogP) is 4.16. The van der Waals surface area contributed by atoms with Gasteiger partial charge in [0, 0.05) is 12.0 Å². The fourth-order valence-electron chi connectivity index (χ4n) is 3.54. The van der Waals surface area contributed by atoms with E-state index < -0.39 is 5.41 Å². The van der Waals surface area contributed by atoms with Crippen LogP contribution >= 0.6 is 0 Å². The number of benzene rings is 1. The third kappa shape index (κ3) is 3.08. The smallest absolute Gasteiger partial charge is 0.312 e. The molecule has 1 aliphatic rings. The van der Waals surface area contributed by atoms with Gasteiger partial charge in [0.2, 0.25) is 0 Å². The van der Waals surface area contributed by atoms with E-state index in [1.165, 1.54) is 5.56 Å². The summed E-state index contributed by atoms with van der Waals surface area (Å²) in [5, 5.41) is 0. The van der Waals surface area contributed by atoms with E-state index >= 15 is 0 Å². The largest absolute Gasteiger partial charge is 0.465 e. The maximum atomic E-state index is 12.7. The second-order valence-corrected chi connectivity index (χ2v) is 6.96. The van der Waals surface area contributed by atoms with E-state index in [1.807, 2.05) is 46.8 Å². The maximum Gasteiger partial charge on any atom is 0.312 e. The first-order chi connectivity index (χ1) is 10.3. The van der Waals surface area contributed by atoms with Crippen molar-refractivity contribution in [3.63, 3.8) is 0 Å². The molecule has 2 unspecified atom stereocenters. The highest BCUT2D eigenvalue weighted by atomic mass is 16.5. The zero-order valence-electron chi connectivity index (χ0n) is 14.3. The molecule has 0 saturated carbocycles. The average molecular weight is 302 g/mol. The minimum absolute atomic E-state index is 0.0205. The number of carbonyl (C=O) groups excluding carboxylic acids is 2. The molecule has 1 fully saturated rings. The molecular formula is C19H26O3. The fraction of sp³-hybridized carbons (Fsp3) is 0.579. The molecular weight excluding hydrogens is 276 g/mol. The van der Waals surface area contributed by atoms with Gasteiger partial charge in [0.1, 0.15) is 0 Å². The molecule has 0 amide bonds. The predicted molar refractivity (Wildman–Crippen MR) is 87.1 cm³/mol. The third-order valence-electron chi connectivity index (χ3n) is 5.08. The first-order valence-corrected chi connectivity index (χ1v) is 8.04. The number of ketones is 1. The number of esters is 1. The van der Waals surface area contributed by atoms with E-state index in [1.54, 1.807) is 0 Å². The van der Waals surface area contributed by atoms with Gasteiger partial charge in [-0.25, -0.2) is 0 Å².